The van der Waals surface area contributed by atoms with E-state index in [-0.39, 0.29) is 17.1 Å². The van der Waals surface area contributed by atoms with Crippen LogP contribution in [0.25, 0.3) is 0 Å². The Morgan fingerprint density at radius 3 is 1.27 bits per heavy atom. The van der Waals surface area contributed by atoms with Gasteiger partial charge >= 0.3 is 17.1 Å². The summed E-state index contributed by atoms with van der Waals surface area (Å²) in [4.78, 5) is 15.2. The number of benzene rings is 4. The third-order valence-corrected chi connectivity index (χ3v) is 20.5. The van der Waals surface area contributed by atoms with Gasteiger partial charge in [-0.05, 0) is 61.7 Å². The van der Waals surface area contributed by atoms with Crippen LogP contribution in [0.15, 0.2) is 119 Å². The zero-order valence-corrected chi connectivity index (χ0v) is 39.6. The van der Waals surface area contributed by atoms with Crippen molar-refractivity contribution in [1.82, 2.24) is 4.98 Å². The Morgan fingerprint density at radius 1 is 0.518 bits per heavy atom. The quantitative estimate of drug-likeness (QED) is 0.0699. The molecule has 0 atom stereocenters. The van der Waals surface area contributed by atoms with Gasteiger partial charge < -0.3 is 13.1 Å². The Hall–Kier alpha value is -3.10. The molecule has 1 aromatic heterocycles. The van der Waals surface area contributed by atoms with Gasteiger partial charge in [-0.15, -0.1) is 0 Å². The maximum absolute atomic E-state index is 6.68. The van der Waals surface area contributed by atoms with E-state index in [1.165, 1.54) is 36.3 Å². The molecule has 0 unspecified atom stereocenters. The third kappa shape index (κ3) is 14.1. The molecule has 298 valence electrons. The number of pyridine rings is 1. The maximum atomic E-state index is 6.68. The zero-order valence-electron chi connectivity index (χ0n) is 35.0. The number of aromatic nitrogens is 1. The van der Waals surface area contributed by atoms with Crippen molar-refractivity contribution in [1.29, 1.82) is 0 Å². The molecule has 0 aliphatic rings. The fourth-order valence-corrected chi connectivity index (χ4v) is 9.60. The van der Waals surface area contributed by atoms with Gasteiger partial charge in [-0.25, -0.2) is 15.0 Å². The molecule has 8 heteroatoms. The van der Waals surface area contributed by atoms with E-state index >= 15 is 0 Å². The van der Waals surface area contributed by atoms with Crippen molar-refractivity contribution >= 4 is 62.1 Å². The van der Waals surface area contributed by atoms with E-state index < -0.39 is 16.1 Å². The SMILES string of the molecule is Cc1cc(C)c(N=C(c2ccccc2)c2cccc(C(=Nc3c(C)cccc3Cl)c3ccccc3)n2)c(Cl)c1.[CH2-][Si](CC)(CC)CC.[CH2-][Si](CC)(CC)CC.[Fe+2]. The number of aryl methyl sites for hydroxylation is 3. The van der Waals surface area contributed by atoms with Crippen molar-refractivity contribution in [2.24, 2.45) is 9.98 Å². The fourth-order valence-electron chi connectivity index (χ4n) is 5.97. The average Bonchev–Trinajstić information content (AvgIpc) is 3.21. The molecule has 1 heterocycles. The Balaban J connectivity index is 0.000000536. The van der Waals surface area contributed by atoms with Gasteiger partial charge in [0, 0.05) is 11.1 Å². The minimum absolute atomic E-state index is 0. The standard InChI is InChI=1S/C34H27Cl2N3.2C7H17Si.Fe/c1-22-20-24(3)32(28(36)21-22)39-34(26-15-8-5-9-16-26)30-19-11-18-29(37-30)33(25-13-6-4-7-14-25)38-31-23(2)12-10-17-27(31)35;2*1-5-8(4,6-2)7-3;/h4-21H,1-3H3;2*4-7H2,1-3H3;/q;2*-1;+2. The first-order chi connectivity index (χ1) is 26.3. The molecule has 0 bridgehead atoms. The molecule has 56 heavy (non-hydrogen) atoms. The second kappa shape index (κ2) is 24.0. The van der Waals surface area contributed by atoms with Crippen LogP contribution in [0, 0.1) is 33.9 Å². The number of nitrogens with zero attached hydrogens (tertiary/aromatic N) is 3. The molecule has 0 radical (unpaired) electrons. The summed E-state index contributed by atoms with van der Waals surface area (Å²) in [5.41, 5.74) is 9.32. The second-order valence-corrected chi connectivity index (χ2v) is 25.6. The molecule has 0 fully saturated rings. The van der Waals surface area contributed by atoms with Crippen LogP contribution in [0.1, 0.15) is 80.7 Å². The molecule has 5 rings (SSSR count). The summed E-state index contributed by atoms with van der Waals surface area (Å²) in [7, 11) is -1.84. The van der Waals surface area contributed by atoms with Crippen molar-refractivity contribution in [2.45, 2.75) is 98.6 Å². The van der Waals surface area contributed by atoms with E-state index in [1.54, 1.807) is 0 Å². The van der Waals surface area contributed by atoms with Gasteiger partial charge in [0.05, 0.1) is 44.2 Å². The molecule has 0 N–H and O–H groups in total. The Kier molecular flexibility index (Phi) is 21.0. The number of hydrogen-bond donors (Lipinski definition) is 0. The Bertz CT molecular complexity index is 1930. The summed E-state index contributed by atoms with van der Waals surface area (Å²) < 4.78 is 0. The average molecular weight is 863 g/mol. The van der Waals surface area contributed by atoms with Crippen LogP contribution in [0.2, 0.25) is 46.3 Å². The summed E-state index contributed by atoms with van der Waals surface area (Å²) in [5, 5.41) is 1.20. The molecule has 4 aromatic carbocycles. The maximum Gasteiger partial charge on any atom is 2.00 e. The topological polar surface area (TPSA) is 37.6 Å². The predicted molar refractivity (Wildman–Crippen MR) is 250 cm³/mol. The molecule has 0 amide bonds. The molecular weight excluding hydrogens is 801 g/mol. The van der Waals surface area contributed by atoms with E-state index in [0.717, 1.165) is 50.6 Å². The number of para-hydroxylation sites is 1. The molecule has 5 aromatic rings. The van der Waals surface area contributed by atoms with Gasteiger partial charge in [-0.1, -0.05) is 202 Å². The molecule has 0 spiro atoms. The second-order valence-electron chi connectivity index (χ2n) is 14.5. The van der Waals surface area contributed by atoms with E-state index in [2.05, 4.69) is 60.7 Å². The summed E-state index contributed by atoms with van der Waals surface area (Å²) in [5.74, 6) is 0. The molecule has 3 nitrogen and oxygen atoms in total. The first-order valence-electron chi connectivity index (χ1n) is 19.8. The summed E-state index contributed by atoms with van der Waals surface area (Å²) in [6.07, 6.45) is 0. The molecule has 0 saturated carbocycles. The summed E-state index contributed by atoms with van der Waals surface area (Å²) in [6.45, 7) is 28.2. The molecular formula is C48H61Cl2FeN3Si2. The van der Waals surface area contributed by atoms with Crippen molar-refractivity contribution in [2.75, 3.05) is 0 Å². The first kappa shape index (κ1) is 49.1. The van der Waals surface area contributed by atoms with Crippen molar-refractivity contribution in [3.63, 3.8) is 0 Å². The minimum Gasteiger partial charge on any atom is -0.342 e. The largest absolute Gasteiger partial charge is 2.00 e. The normalized spacial score (nSPS) is 11.8. The van der Waals surface area contributed by atoms with Crippen molar-refractivity contribution < 1.29 is 17.1 Å². The fraction of sp³-hybridized carbons (Fsp3) is 0.312. The van der Waals surface area contributed by atoms with E-state index in [1.807, 2.05) is 124 Å². The van der Waals surface area contributed by atoms with Gasteiger partial charge in [-0.2, -0.15) is 0 Å². The van der Waals surface area contributed by atoms with Crippen LogP contribution >= 0.6 is 23.2 Å². The van der Waals surface area contributed by atoms with Crippen LogP contribution in [0.4, 0.5) is 11.4 Å². The van der Waals surface area contributed by atoms with Crippen LogP contribution < -0.4 is 0 Å². The van der Waals surface area contributed by atoms with Crippen molar-refractivity contribution in [3.05, 3.63) is 172 Å². The van der Waals surface area contributed by atoms with Crippen molar-refractivity contribution in [3.8, 4) is 0 Å². The smallest absolute Gasteiger partial charge is 0.342 e. The van der Waals surface area contributed by atoms with Crippen LogP contribution in [-0.4, -0.2) is 32.6 Å². The van der Waals surface area contributed by atoms with Gasteiger partial charge in [-0.3, -0.25) is 0 Å². The summed E-state index contributed by atoms with van der Waals surface area (Å²) >= 11 is 13.3. The molecule has 0 aliphatic heterocycles. The number of aliphatic imine (C=N–C) groups is 2. The number of rotatable bonds is 12. The zero-order chi connectivity index (χ0) is 40.6. The van der Waals surface area contributed by atoms with Gasteiger partial charge in [0.2, 0.25) is 0 Å². The molecule has 0 aliphatic carbocycles. The number of hydrogen-bond acceptors (Lipinski definition) is 3. The van der Waals surface area contributed by atoms with E-state index in [0.29, 0.717) is 21.4 Å². The minimum atomic E-state index is -0.921. The Labute approximate surface area is 362 Å². The van der Waals surface area contributed by atoms with Crippen LogP contribution in [0.5, 0.6) is 0 Å². The Morgan fingerprint density at radius 2 is 0.911 bits per heavy atom. The van der Waals surface area contributed by atoms with Crippen LogP contribution in [0.3, 0.4) is 0 Å². The van der Waals surface area contributed by atoms with Crippen LogP contribution in [-0.2, 0) is 17.1 Å². The van der Waals surface area contributed by atoms with E-state index in [9.17, 15) is 0 Å². The first-order valence-corrected chi connectivity index (χ1v) is 26.2. The third-order valence-electron chi connectivity index (χ3n) is 10.9. The van der Waals surface area contributed by atoms with Gasteiger partial charge in [0.25, 0.3) is 0 Å². The predicted octanol–water partition coefficient (Wildman–Crippen LogP) is 15.4. The monoisotopic (exact) mass is 861 g/mol. The van der Waals surface area contributed by atoms with Gasteiger partial charge in [0.15, 0.2) is 0 Å². The van der Waals surface area contributed by atoms with E-state index in [4.69, 9.17) is 38.2 Å². The van der Waals surface area contributed by atoms with Gasteiger partial charge in [0.1, 0.15) is 0 Å². The number of halogens is 2. The molecule has 0 saturated heterocycles. The summed E-state index contributed by atoms with van der Waals surface area (Å²) in [6, 6.07) is 43.9.